The van der Waals surface area contributed by atoms with E-state index in [0.29, 0.717) is 48.6 Å². The Kier molecular flexibility index (Phi) is 9.46. The predicted octanol–water partition coefficient (Wildman–Crippen LogP) is 8.35. The summed E-state index contributed by atoms with van der Waals surface area (Å²) in [5.41, 5.74) is 1.11. The minimum absolute atomic E-state index is 0.000164. The number of Topliss-reactive ketones (excluding diaryl/α,β-unsaturated/α-hetero) is 4. The molecule has 0 radical (unpaired) electrons. The summed E-state index contributed by atoms with van der Waals surface area (Å²) in [4.78, 5) is 60.4. The normalized spacial score (nSPS) is 45.0. The summed E-state index contributed by atoms with van der Waals surface area (Å²) >= 11 is 0. The molecular weight excluding hydrogens is 673 g/mol. The number of rotatable bonds is 10. The van der Waals surface area contributed by atoms with Crippen molar-refractivity contribution in [3.63, 3.8) is 0 Å². The molecule has 0 aliphatic heterocycles. The second-order valence-corrected chi connectivity index (χ2v) is 21.7. The van der Waals surface area contributed by atoms with E-state index in [0.717, 1.165) is 75.6 Å². The smallest absolute Gasteiger partial charge is 0.142 e. The minimum atomic E-state index is -0.385. The van der Waals surface area contributed by atoms with Gasteiger partial charge in [0.25, 0.3) is 0 Å². The lowest BCUT2D eigenvalue weighted by atomic mass is 9.65. The number of fused-ring (bicyclic) bond motifs is 8. The molecule has 8 nitrogen and oxygen atoms in total. The van der Waals surface area contributed by atoms with Gasteiger partial charge in [-0.25, -0.2) is 0 Å². The van der Waals surface area contributed by atoms with Crippen LogP contribution in [0.5, 0.6) is 0 Å². The molecule has 8 rings (SSSR count). The third-order valence-corrected chi connectivity index (χ3v) is 19.9. The van der Waals surface area contributed by atoms with E-state index >= 15 is 0 Å². The number of nitrogens with zero attached hydrogens (tertiary/aromatic N) is 2. The number of nitrogens with one attached hydrogen (secondary N) is 2. The second kappa shape index (κ2) is 12.7. The van der Waals surface area contributed by atoms with E-state index in [1.807, 2.05) is 0 Å². The third-order valence-electron chi connectivity index (χ3n) is 19.9. The van der Waals surface area contributed by atoms with Gasteiger partial charge in [-0.15, -0.1) is 0 Å². The lowest BCUT2D eigenvalue weighted by Crippen LogP contribution is -2.56. The topological polar surface area (TPSA) is 117 Å². The zero-order valence-corrected chi connectivity index (χ0v) is 35.9. The summed E-state index contributed by atoms with van der Waals surface area (Å²) in [6, 6.07) is 0.521. The molecule has 8 aliphatic rings. The summed E-state index contributed by atoms with van der Waals surface area (Å²) in [5, 5.41) is 7.43. The molecule has 0 amide bonds. The highest BCUT2D eigenvalue weighted by Crippen LogP contribution is 2.68. The summed E-state index contributed by atoms with van der Waals surface area (Å²) < 4.78 is 0. The number of aliphatic imine (C=N–C) groups is 2. The molecule has 300 valence electrons. The standard InChI is InChI=1S/C23H38N2O2.C23H34N2O2/c2*1-14(26)22-9-7-16(20(22,3)4)11-18(22)24-13-25-19-12-17-8-10-23(19,15(2)27)21(17,5)6/h16-19,24-25H,7-13H2,1-6H3;16-17H,7-13H2,1-6H3. The molecule has 8 fully saturated rings. The summed E-state index contributed by atoms with van der Waals surface area (Å²) in [6.45, 7) is 26.3. The molecule has 0 heterocycles. The maximum Gasteiger partial charge on any atom is 0.142 e. The molecule has 0 aromatic carbocycles. The molecule has 8 saturated carbocycles. The molecule has 8 heteroatoms. The fourth-order valence-electron chi connectivity index (χ4n) is 16.2. The van der Waals surface area contributed by atoms with E-state index < -0.39 is 0 Å². The van der Waals surface area contributed by atoms with Crippen LogP contribution >= 0.6 is 0 Å². The van der Waals surface area contributed by atoms with Crippen LogP contribution in [0.1, 0.15) is 160 Å². The lowest BCUT2D eigenvalue weighted by molar-refractivity contribution is -0.132. The van der Waals surface area contributed by atoms with Crippen LogP contribution in [-0.2, 0) is 19.2 Å². The highest BCUT2D eigenvalue weighted by Gasteiger charge is 2.69. The summed E-state index contributed by atoms with van der Waals surface area (Å²) in [6.07, 6.45) is 12.6. The molecule has 54 heavy (non-hydrogen) atoms. The van der Waals surface area contributed by atoms with Gasteiger partial charge >= 0.3 is 0 Å². The zero-order chi connectivity index (χ0) is 39.7. The Labute approximate surface area is 326 Å². The van der Waals surface area contributed by atoms with Crippen LogP contribution in [0, 0.1) is 67.0 Å². The minimum Gasteiger partial charge on any atom is -0.301 e. The van der Waals surface area contributed by atoms with Gasteiger partial charge in [-0.1, -0.05) is 55.4 Å². The summed E-state index contributed by atoms with van der Waals surface area (Å²) in [5.74, 6) is 3.63. The van der Waals surface area contributed by atoms with Crippen LogP contribution in [0.2, 0.25) is 0 Å². The SMILES string of the molecule is CC(=O)C12CCC(CC1=NCN=C1CC3CCC1(C(C)=O)C3(C)C)C2(C)C.CC(=O)C12CCC(CC1NCNC1CC3CCC1(C(C)=O)C3(C)C)C2(C)C. The number of hydrogen-bond donors (Lipinski definition) is 2. The van der Waals surface area contributed by atoms with Crippen LogP contribution in [0.4, 0.5) is 0 Å². The van der Waals surface area contributed by atoms with Gasteiger partial charge in [0, 0.05) is 41.0 Å². The first kappa shape index (κ1) is 40.1. The zero-order valence-electron chi connectivity index (χ0n) is 35.9. The van der Waals surface area contributed by atoms with Crippen molar-refractivity contribution < 1.29 is 19.2 Å². The van der Waals surface area contributed by atoms with Crippen LogP contribution < -0.4 is 10.6 Å². The van der Waals surface area contributed by atoms with E-state index in [1.165, 1.54) is 12.8 Å². The van der Waals surface area contributed by atoms with E-state index in [9.17, 15) is 19.2 Å². The van der Waals surface area contributed by atoms with Gasteiger partial charge in [0.2, 0.25) is 0 Å². The number of ketones is 4. The Balaban J connectivity index is 0.000000167. The van der Waals surface area contributed by atoms with Crippen LogP contribution in [-0.4, -0.2) is 60.0 Å². The van der Waals surface area contributed by atoms with Gasteiger partial charge in [0.15, 0.2) is 0 Å². The maximum atomic E-state index is 12.7. The Morgan fingerprint density at radius 1 is 0.519 bits per heavy atom. The monoisotopic (exact) mass is 745 g/mol. The van der Waals surface area contributed by atoms with Gasteiger partial charge < -0.3 is 10.6 Å². The van der Waals surface area contributed by atoms with Crippen molar-refractivity contribution in [2.75, 3.05) is 13.3 Å². The molecule has 10 atom stereocenters. The molecule has 0 saturated heterocycles. The van der Waals surface area contributed by atoms with Crippen molar-refractivity contribution in [1.29, 1.82) is 0 Å². The van der Waals surface area contributed by atoms with Gasteiger partial charge in [-0.3, -0.25) is 29.2 Å². The van der Waals surface area contributed by atoms with E-state index in [4.69, 9.17) is 9.98 Å². The molecular formula is C46H72N4O4. The second-order valence-electron chi connectivity index (χ2n) is 21.7. The Hall–Kier alpha value is -2.06. The average Bonchev–Trinajstić information content (AvgIpc) is 3.89. The van der Waals surface area contributed by atoms with E-state index in [2.05, 4.69) is 66.0 Å². The third kappa shape index (κ3) is 4.80. The van der Waals surface area contributed by atoms with Crippen molar-refractivity contribution in [2.45, 2.75) is 172 Å². The largest absolute Gasteiger partial charge is 0.301 e. The number of carbonyl (C=O) groups excluding carboxylic acids is 4. The number of hydrogen-bond acceptors (Lipinski definition) is 8. The van der Waals surface area contributed by atoms with Crippen molar-refractivity contribution >= 4 is 34.6 Å². The van der Waals surface area contributed by atoms with E-state index in [1.54, 1.807) is 27.7 Å². The Bertz CT molecular complexity index is 1570. The van der Waals surface area contributed by atoms with Gasteiger partial charge in [0.1, 0.15) is 29.8 Å². The first-order valence-electron chi connectivity index (χ1n) is 21.6. The number of carbonyl (C=O) groups is 4. The van der Waals surface area contributed by atoms with Crippen molar-refractivity contribution in [1.82, 2.24) is 10.6 Å². The van der Waals surface area contributed by atoms with Crippen LogP contribution in [0.15, 0.2) is 9.98 Å². The van der Waals surface area contributed by atoms with Crippen molar-refractivity contribution in [3.8, 4) is 0 Å². The highest BCUT2D eigenvalue weighted by molar-refractivity contribution is 6.13. The van der Waals surface area contributed by atoms with Crippen LogP contribution in [0.3, 0.4) is 0 Å². The fraction of sp³-hybridized carbons (Fsp3) is 0.870. The molecule has 0 spiro atoms. The average molecular weight is 745 g/mol. The van der Waals surface area contributed by atoms with Gasteiger partial charge in [-0.05, 0) is 150 Å². The Morgan fingerprint density at radius 2 is 0.870 bits per heavy atom. The molecule has 2 N–H and O–H groups in total. The predicted molar refractivity (Wildman–Crippen MR) is 215 cm³/mol. The van der Waals surface area contributed by atoms with Crippen LogP contribution in [0.25, 0.3) is 0 Å². The summed E-state index contributed by atoms with van der Waals surface area (Å²) in [7, 11) is 0. The van der Waals surface area contributed by atoms with Crippen molar-refractivity contribution in [3.05, 3.63) is 0 Å². The first-order chi connectivity index (χ1) is 25.0. The first-order valence-corrected chi connectivity index (χ1v) is 21.6. The lowest BCUT2D eigenvalue weighted by Gasteiger charge is -2.42. The van der Waals surface area contributed by atoms with Crippen molar-refractivity contribution in [2.24, 2.45) is 77.0 Å². The fourth-order valence-corrected chi connectivity index (χ4v) is 16.2. The molecule has 8 aliphatic carbocycles. The van der Waals surface area contributed by atoms with E-state index in [-0.39, 0.29) is 67.0 Å². The molecule has 0 aromatic rings. The Morgan fingerprint density at radius 3 is 1.17 bits per heavy atom. The van der Waals surface area contributed by atoms with Gasteiger partial charge in [0.05, 0.1) is 10.8 Å². The quantitative estimate of drug-likeness (QED) is 0.217. The highest BCUT2D eigenvalue weighted by atomic mass is 16.1. The molecule has 10 unspecified atom stereocenters. The molecule has 0 aromatic heterocycles. The molecule has 8 bridgehead atoms. The van der Waals surface area contributed by atoms with Gasteiger partial charge in [-0.2, -0.15) is 0 Å². The maximum absolute atomic E-state index is 12.7.